The first-order valence-electron chi connectivity index (χ1n) is 6.73. The minimum atomic E-state index is -0.372. The molecule has 0 unspecified atom stereocenters. The fourth-order valence-corrected chi connectivity index (χ4v) is 2.51. The maximum atomic E-state index is 12.4. The summed E-state index contributed by atoms with van der Waals surface area (Å²) >= 11 is 11.9. The predicted octanol–water partition coefficient (Wildman–Crippen LogP) is 3.34. The molecule has 0 aliphatic carbocycles. The molecule has 0 radical (unpaired) electrons. The smallest absolute Gasteiger partial charge is 0.261 e. The van der Waals surface area contributed by atoms with Crippen LogP contribution in [0.3, 0.4) is 0 Å². The van der Waals surface area contributed by atoms with Crippen LogP contribution in [0.1, 0.15) is 0 Å². The number of benzene rings is 2. The third-order valence-corrected chi connectivity index (χ3v) is 3.81. The number of hydrogen-bond donors (Lipinski definition) is 1. The summed E-state index contributed by atoms with van der Waals surface area (Å²) < 4.78 is 1.23. The van der Waals surface area contributed by atoms with E-state index in [0.29, 0.717) is 26.6 Å². The molecule has 3 rings (SSSR count). The summed E-state index contributed by atoms with van der Waals surface area (Å²) in [4.78, 5) is 28.7. The van der Waals surface area contributed by atoms with Crippen molar-refractivity contribution >= 4 is 45.7 Å². The number of anilines is 1. The highest BCUT2D eigenvalue weighted by atomic mass is 35.5. The number of para-hydroxylation sites is 1. The number of aromatic nitrogens is 2. The van der Waals surface area contributed by atoms with Crippen LogP contribution in [-0.4, -0.2) is 15.5 Å². The van der Waals surface area contributed by atoms with Crippen LogP contribution in [0.25, 0.3) is 10.9 Å². The Morgan fingerprint density at radius 1 is 1.17 bits per heavy atom. The van der Waals surface area contributed by atoms with Crippen LogP contribution in [0.5, 0.6) is 0 Å². The molecule has 2 aromatic carbocycles. The summed E-state index contributed by atoms with van der Waals surface area (Å²) in [6, 6.07) is 11.7. The van der Waals surface area contributed by atoms with Gasteiger partial charge >= 0.3 is 0 Å². The second kappa shape index (κ2) is 6.40. The molecule has 7 heteroatoms. The Labute approximate surface area is 141 Å². The van der Waals surface area contributed by atoms with Crippen molar-refractivity contribution in [2.45, 2.75) is 6.54 Å². The molecule has 0 saturated carbocycles. The average molecular weight is 348 g/mol. The van der Waals surface area contributed by atoms with Crippen LogP contribution in [0.4, 0.5) is 5.69 Å². The van der Waals surface area contributed by atoms with Gasteiger partial charge in [0, 0.05) is 5.02 Å². The second-order valence-corrected chi connectivity index (χ2v) is 5.71. The topological polar surface area (TPSA) is 64.0 Å². The molecule has 1 heterocycles. The molecule has 0 fully saturated rings. The van der Waals surface area contributed by atoms with E-state index < -0.39 is 0 Å². The minimum absolute atomic E-state index is 0.167. The molecule has 0 saturated heterocycles. The zero-order valence-corrected chi connectivity index (χ0v) is 13.3. The Balaban J connectivity index is 1.87. The molecule has 0 bridgehead atoms. The van der Waals surface area contributed by atoms with Gasteiger partial charge in [0.05, 0.1) is 27.9 Å². The molecule has 0 aliphatic heterocycles. The van der Waals surface area contributed by atoms with Gasteiger partial charge in [-0.3, -0.25) is 14.2 Å². The highest BCUT2D eigenvalue weighted by molar-refractivity contribution is 6.33. The van der Waals surface area contributed by atoms with Crippen molar-refractivity contribution in [3.05, 3.63) is 69.2 Å². The number of amides is 1. The molecule has 116 valence electrons. The highest BCUT2D eigenvalue weighted by Crippen LogP contribution is 2.20. The van der Waals surface area contributed by atoms with E-state index in [2.05, 4.69) is 10.3 Å². The number of nitrogens with zero attached hydrogens (tertiary/aromatic N) is 2. The van der Waals surface area contributed by atoms with E-state index >= 15 is 0 Å². The van der Waals surface area contributed by atoms with Crippen molar-refractivity contribution in [2.75, 3.05) is 5.32 Å². The number of carbonyl (C=O) groups is 1. The first-order chi connectivity index (χ1) is 11.0. The summed E-state index contributed by atoms with van der Waals surface area (Å²) in [7, 11) is 0. The molecule has 1 amide bonds. The molecule has 0 spiro atoms. The Bertz CT molecular complexity index is 953. The summed E-state index contributed by atoms with van der Waals surface area (Å²) in [5.74, 6) is -0.372. The lowest BCUT2D eigenvalue weighted by Crippen LogP contribution is -2.28. The van der Waals surface area contributed by atoms with Crippen molar-refractivity contribution in [1.29, 1.82) is 0 Å². The molecule has 0 aliphatic rings. The van der Waals surface area contributed by atoms with Crippen LogP contribution in [0.2, 0.25) is 10.0 Å². The predicted molar refractivity (Wildman–Crippen MR) is 91.1 cm³/mol. The van der Waals surface area contributed by atoms with Gasteiger partial charge in [0.1, 0.15) is 6.54 Å². The van der Waals surface area contributed by atoms with Crippen LogP contribution in [-0.2, 0) is 11.3 Å². The van der Waals surface area contributed by atoms with Gasteiger partial charge in [-0.25, -0.2) is 4.98 Å². The fraction of sp³-hybridized carbons (Fsp3) is 0.0625. The lowest BCUT2D eigenvalue weighted by atomic mass is 10.2. The number of hydrogen-bond acceptors (Lipinski definition) is 3. The van der Waals surface area contributed by atoms with Gasteiger partial charge in [-0.1, -0.05) is 35.3 Å². The molecule has 5 nitrogen and oxygen atoms in total. The van der Waals surface area contributed by atoms with Gasteiger partial charge in [0.25, 0.3) is 5.56 Å². The van der Waals surface area contributed by atoms with Crippen molar-refractivity contribution in [2.24, 2.45) is 0 Å². The summed E-state index contributed by atoms with van der Waals surface area (Å²) in [5.41, 5.74) is 0.693. The average Bonchev–Trinajstić information content (AvgIpc) is 2.53. The quantitative estimate of drug-likeness (QED) is 0.790. The first-order valence-corrected chi connectivity index (χ1v) is 7.49. The van der Waals surface area contributed by atoms with E-state index in [9.17, 15) is 9.59 Å². The molecule has 23 heavy (non-hydrogen) atoms. The zero-order valence-electron chi connectivity index (χ0n) is 11.8. The monoisotopic (exact) mass is 347 g/mol. The summed E-state index contributed by atoms with van der Waals surface area (Å²) in [6.45, 7) is -0.167. The minimum Gasteiger partial charge on any atom is -0.323 e. The number of fused-ring (bicyclic) bond motifs is 1. The van der Waals surface area contributed by atoms with Gasteiger partial charge in [0.2, 0.25) is 5.91 Å². The Hall–Kier alpha value is -2.37. The standard InChI is InChI=1S/C16H11Cl2N3O2/c17-10-5-6-13-11(7-10)16(23)21(9-19-13)8-15(22)20-14-4-2-1-3-12(14)18/h1-7,9H,8H2,(H,20,22). The third-order valence-electron chi connectivity index (χ3n) is 3.25. The van der Waals surface area contributed by atoms with E-state index in [4.69, 9.17) is 23.2 Å². The lowest BCUT2D eigenvalue weighted by Gasteiger charge is -2.09. The number of nitrogens with one attached hydrogen (secondary N) is 1. The highest BCUT2D eigenvalue weighted by Gasteiger charge is 2.10. The lowest BCUT2D eigenvalue weighted by molar-refractivity contribution is -0.116. The van der Waals surface area contributed by atoms with Crippen LogP contribution >= 0.6 is 23.2 Å². The maximum absolute atomic E-state index is 12.4. The number of rotatable bonds is 3. The molecule has 1 aromatic heterocycles. The number of halogens is 2. The maximum Gasteiger partial charge on any atom is 0.261 e. The Morgan fingerprint density at radius 3 is 2.74 bits per heavy atom. The summed E-state index contributed by atoms with van der Waals surface area (Å²) in [6.07, 6.45) is 1.34. The van der Waals surface area contributed by atoms with Gasteiger partial charge in [-0.2, -0.15) is 0 Å². The van der Waals surface area contributed by atoms with Crippen molar-refractivity contribution in [3.63, 3.8) is 0 Å². The largest absolute Gasteiger partial charge is 0.323 e. The van der Waals surface area contributed by atoms with Gasteiger partial charge in [-0.05, 0) is 30.3 Å². The van der Waals surface area contributed by atoms with Crippen molar-refractivity contribution in [1.82, 2.24) is 9.55 Å². The second-order valence-electron chi connectivity index (χ2n) is 4.87. The van der Waals surface area contributed by atoms with Gasteiger partial charge < -0.3 is 5.32 Å². The van der Waals surface area contributed by atoms with Gasteiger partial charge in [0.15, 0.2) is 0 Å². The Kier molecular flexibility index (Phi) is 4.32. The zero-order chi connectivity index (χ0) is 16.4. The third kappa shape index (κ3) is 3.36. The normalized spacial score (nSPS) is 10.7. The molecule has 0 atom stereocenters. The van der Waals surface area contributed by atoms with Crippen LogP contribution in [0.15, 0.2) is 53.6 Å². The van der Waals surface area contributed by atoms with Gasteiger partial charge in [-0.15, -0.1) is 0 Å². The SMILES string of the molecule is O=C(Cn1cnc2ccc(Cl)cc2c1=O)Nc1ccccc1Cl. The van der Waals surface area contributed by atoms with E-state index in [0.717, 1.165) is 0 Å². The van der Waals surface area contributed by atoms with Crippen LogP contribution in [0, 0.1) is 0 Å². The van der Waals surface area contributed by atoms with E-state index in [1.807, 2.05) is 0 Å². The van der Waals surface area contributed by atoms with Crippen molar-refractivity contribution in [3.8, 4) is 0 Å². The fourth-order valence-electron chi connectivity index (χ4n) is 2.15. The van der Waals surface area contributed by atoms with E-state index in [1.54, 1.807) is 36.4 Å². The summed E-state index contributed by atoms with van der Waals surface area (Å²) in [5, 5.41) is 3.89. The number of carbonyl (C=O) groups excluding carboxylic acids is 1. The van der Waals surface area contributed by atoms with E-state index in [1.165, 1.54) is 17.0 Å². The molecular formula is C16H11Cl2N3O2. The molecule has 1 N–H and O–H groups in total. The molecular weight excluding hydrogens is 337 g/mol. The Morgan fingerprint density at radius 2 is 1.96 bits per heavy atom. The molecule has 3 aromatic rings. The van der Waals surface area contributed by atoms with Crippen LogP contribution < -0.4 is 10.9 Å². The first kappa shape index (κ1) is 15.5. The van der Waals surface area contributed by atoms with Crippen molar-refractivity contribution < 1.29 is 4.79 Å². The van der Waals surface area contributed by atoms with E-state index in [-0.39, 0.29) is 18.0 Å².